The van der Waals surface area contributed by atoms with Crippen molar-refractivity contribution in [1.29, 1.82) is 0 Å². The fraction of sp³-hybridized carbons (Fsp3) is 0.400. The molecule has 96 valence electrons. The Labute approximate surface area is 113 Å². The molecule has 0 fully saturated rings. The van der Waals surface area contributed by atoms with Crippen molar-refractivity contribution >= 4 is 28.8 Å². The second-order valence-corrected chi connectivity index (χ2v) is 5.61. The number of amides is 1. The zero-order chi connectivity index (χ0) is 13.3. The second kappa shape index (κ2) is 4.77. The van der Waals surface area contributed by atoms with Crippen molar-refractivity contribution in [1.82, 2.24) is 0 Å². The number of carbonyl (C=O) groups excluding carboxylic acids is 1. The number of halogens is 1. The Kier molecular flexibility index (Phi) is 3.49. The lowest BCUT2D eigenvalue weighted by atomic mass is 9.75. The van der Waals surface area contributed by atoms with Crippen LogP contribution in [-0.4, -0.2) is 5.91 Å². The molecule has 18 heavy (non-hydrogen) atoms. The number of nitrogens with one attached hydrogen (secondary N) is 1. The molecule has 1 amide bonds. The van der Waals surface area contributed by atoms with Crippen LogP contribution in [0.25, 0.3) is 5.57 Å². The van der Waals surface area contributed by atoms with Gasteiger partial charge in [-0.15, -0.1) is 0 Å². The van der Waals surface area contributed by atoms with E-state index in [2.05, 4.69) is 18.3 Å². The molecule has 2 rings (SSSR count). The normalized spacial score (nSPS) is 19.6. The van der Waals surface area contributed by atoms with Crippen molar-refractivity contribution in [3.8, 4) is 0 Å². The largest absolute Gasteiger partial charge is 0.325 e. The third-order valence-corrected chi connectivity index (χ3v) is 3.63. The average Bonchev–Trinajstić information content (AvgIpc) is 2.31. The third kappa shape index (κ3) is 2.17. The highest BCUT2D eigenvalue weighted by atomic mass is 35.5. The van der Waals surface area contributed by atoms with E-state index in [0.29, 0.717) is 5.02 Å². The van der Waals surface area contributed by atoms with Crippen molar-refractivity contribution in [3.63, 3.8) is 0 Å². The van der Waals surface area contributed by atoms with E-state index >= 15 is 0 Å². The Morgan fingerprint density at radius 2 is 2.11 bits per heavy atom. The summed E-state index contributed by atoms with van der Waals surface area (Å²) in [5.41, 5.74) is 2.46. The zero-order valence-electron chi connectivity index (χ0n) is 11.0. The smallest absolute Gasteiger partial charge is 0.234 e. The molecule has 0 radical (unpaired) electrons. The number of carbonyl (C=O) groups is 1. The highest BCUT2D eigenvalue weighted by molar-refractivity contribution is 6.31. The first-order valence-corrected chi connectivity index (χ1v) is 6.66. The minimum atomic E-state index is -0.507. The van der Waals surface area contributed by atoms with Crippen LogP contribution in [0, 0.1) is 5.41 Å². The van der Waals surface area contributed by atoms with Gasteiger partial charge in [0.25, 0.3) is 0 Å². The van der Waals surface area contributed by atoms with Crippen LogP contribution in [0.15, 0.2) is 24.3 Å². The van der Waals surface area contributed by atoms with Crippen molar-refractivity contribution < 1.29 is 4.79 Å². The van der Waals surface area contributed by atoms with E-state index in [0.717, 1.165) is 29.7 Å². The summed E-state index contributed by atoms with van der Waals surface area (Å²) >= 11 is 6.07. The van der Waals surface area contributed by atoms with E-state index in [1.165, 1.54) is 0 Å². The van der Waals surface area contributed by atoms with E-state index < -0.39 is 5.41 Å². The maximum Gasteiger partial charge on any atom is 0.234 e. The fourth-order valence-electron chi connectivity index (χ4n) is 2.24. The summed E-state index contributed by atoms with van der Waals surface area (Å²) in [5, 5.41) is 3.64. The lowest BCUT2D eigenvalue weighted by Crippen LogP contribution is -2.36. The molecule has 1 heterocycles. The van der Waals surface area contributed by atoms with E-state index in [-0.39, 0.29) is 5.91 Å². The molecule has 0 atom stereocenters. The van der Waals surface area contributed by atoms with Gasteiger partial charge < -0.3 is 5.32 Å². The van der Waals surface area contributed by atoms with Crippen LogP contribution in [0.2, 0.25) is 5.02 Å². The van der Waals surface area contributed by atoms with E-state index in [9.17, 15) is 4.79 Å². The van der Waals surface area contributed by atoms with Crippen LogP contribution < -0.4 is 5.32 Å². The Morgan fingerprint density at radius 3 is 2.78 bits per heavy atom. The highest BCUT2D eigenvalue weighted by Gasteiger charge is 2.37. The van der Waals surface area contributed by atoms with Crippen molar-refractivity contribution in [3.05, 3.63) is 34.9 Å². The van der Waals surface area contributed by atoms with E-state index in [1.54, 1.807) is 6.07 Å². The monoisotopic (exact) mass is 263 g/mol. The molecule has 1 aliphatic rings. The number of benzene rings is 1. The minimum Gasteiger partial charge on any atom is -0.325 e. The van der Waals surface area contributed by atoms with E-state index in [1.807, 2.05) is 26.0 Å². The number of rotatable bonds is 2. The molecule has 0 saturated carbocycles. The van der Waals surface area contributed by atoms with Gasteiger partial charge in [0.1, 0.15) is 0 Å². The molecule has 1 aromatic carbocycles. The van der Waals surface area contributed by atoms with Crippen LogP contribution >= 0.6 is 11.6 Å². The summed E-state index contributed by atoms with van der Waals surface area (Å²) in [5.74, 6) is 0.0414. The van der Waals surface area contributed by atoms with Gasteiger partial charge in [0.05, 0.1) is 5.41 Å². The van der Waals surface area contributed by atoms with Gasteiger partial charge in [-0.25, -0.2) is 0 Å². The quantitative estimate of drug-likeness (QED) is 0.836. The van der Waals surface area contributed by atoms with E-state index in [4.69, 9.17) is 11.6 Å². The third-order valence-electron chi connectivity index (χ3n) is 3.40. The Bertz CT molecular complexity index is 517. The van der Waals surface area contributed by atoms with Gasteiger partial charge in [-0.1, -0.05) is 31.0 Å². The van der Waals surface area contributed by atoms with Crippen LogP contribution in [0.1, 0.15) is 39.2 Å². The number of unbranched alkanes of at least 4 members (excludes halogenated alkanes) is 1. The molecule has 0 bridgehead atoms. The number of hydrogen-bond acceptors (Lipinski definition) is 1. The Hall–Kier alpha value is -1.28. The first kappa shape index (κ1) is 13.2. The lowest BCUT2D eigenvalue weighted by Gasteiger charge is -2.34. The molecule has 0 saturated heterocycles. The van der Waals surface area contributed by atoms with Gasteiger partial charge >= 0.3 is 0 Å². The summed E-state index contributed by atoms with van der Waals surface area (Å²) in [7, 11) is 0. The van der Waals surface area contributed by atoms with Crippen molar-refractivity contribution in [2.24, 2.45) is 5.41 Å². The molecule has 0 unspecified atom stereocenters. The summed E-state index contributed by atoms with van der Waals surface area (Å²) in [6, 6.07) is 5.60. The molecule has 2 nitrogen and oxygen atoms in total. The maximum absolute atomic E-state index is 12.2. The van der Waals surface area contributed by atoms with Gasteiger partial charge in [0.2, 0.25) is 5.91 Å². The SMILES string of the molecule is CCC/C=C1\c2cc(Cl)ccc2NC(=O)C1(C)C. The van der Waals surface area contributed by atoms with Crippen LogP contribution in [-0.2, 0) is 4.79 Å². The fourth-order valence-corrected chi connectivity index (χ4v) is 2.41. The molecule has 1 aliphatic heterocycles. The molecule has 0 aromatic heterocycles. The number of hydrogen-bond donors (Lipinski definition) is 1. The van der Waals surface area contributed by atoms with Gasteiger partial charge in [-0.2, -0.15) is 0 Å². The summed E-state index contributed by atoms with van der Waals surface area (Å²) in [4.78, 5) is 12.2. The topological polar surface area (TPSA) is 29.1 Å². The molecular weight excluding hydrogens is 246 g/mol. The minimum absolute atomic E-state index is 0.0414. The van der Waals surface area contributed by atoms with Gasteiger partial charge in [0, 0.05) is 16.3 Å². The summed E-state index contributed by atoms with van der Waals surface area (Å²) < 4.78 is 0. The molecular formula is C15H18ClNO. The average molecular weight is 264 g/mol. The predicted octanol–water partition coefficient (Wildman–Crippen LogP) is 4.50. The number of allylic oxidation sites excluding steroid dienone is 1. The van der Waals surface area contributed by atoms with Crippen LogP contribution in [0.3, 0.4) is 0 Å². The van der Waals surface area contributed by atoms with Crippen LogP contribution in [0.5, 0.6) is 0 Å². The Morgan fingerprint density at radius 1 is 1.39 bits per heavy atom. The summed E-state index contributed by atoms with van der Waals surface area (Å²) in [6.07, 6.45) is 4.20. The molecule has 0 aliphatic carbocycles. The molecule has 3 heteroatoms. The molecule has 1 N–H and O–H groups in total. The van der Waals surface area contributed by atoms with Gasteiger partial charge in [-0.3, -0.25) is 4.79 Å². The first-order valence-electron chi connectivity index (χ1n) is 6.29. The van der Waals surface area contributed by atoms with Crippen molar-refractivity contribution in [2.45, 2.75) is 33.6 Å². The number of fused-ring (bicyclic) bond motifs is 1. The molecule has 1 aromatic rings. The second-order valence-electron chi connectivity index (χ2n) is 5.18. The number of anilines is 1. The predicted molar refractivity (Wildman–Crippen MR) is 76.7 cm³/mol. The van der Waals surface area contributed by atoms with Crippen LogP contribution in [0.4, 0.5) is 5.69 Å². The zero-order valence-corrected chi connectivity index (χ0v) is 11.8. The maximum atomic E-state index is 12.2. The van der Waals surface area contributed by atoms with Gasteiger partial charge in [0.15, 0.2) is 0 Å². The lowest BCUT2D eigenvalue weighted by molar-refractivity contribution is -0.121. The first-order chi connectivity index (χ1) is 8.46. The highest BCUT2D eigenvalue weighted by Crippen LogP contribution is 2.44. The van der Waals surface area contributed by atoms with Gasteiger partial charge in [-0.05, 0) is 44.0 Å². The molecule has 0 spiro atoms. The Balaban J connectivity index is 2.59. The summed E-state index contributed by atoms with van der Waals surface area (Å²) in [6.45, 7) is 6.03. The van der Waals surface area contributed by atoms with Crippen molar-refractivity contribution in [2.75, 3.05) is 5.32 Å². The standard InChI is InChI=1S/C15H18ClNO/c1-4-5-6-12-11-9-10(16)7-8-13(11)17-14(18)15(12,2)3/h6-9H,4-5H2,1-3H3,(H,17,18)/b12-6+.